The molecule has 1 aromatic heterocycles. The molecule has 0 atom stereocenters. The summed E-state index contributed by atoms with van der Waals surface area (Å²) in [5.74, 6) is -1.01. The fourth-order valence-corrected chi connectivity index (χ4v) is 3.84. The second kappa shape index (κ2) is 8.88. The lowest BCUT2D eigenvalue weighted by molar-refractivity contribution is -0.137. The van der Waals surface area contributed by atoms with Crippen molar-refractivity contribution in [2.45, 2.75) is 36.6 Å². The van der Waals surface area contributed by atoms with E-state index in [4.69, 9.17) is 4.52 Å². The third kappa shape index (κ3) is 6.14. The fraction of sp³-hybridized carbons (Fsp3) is 0.250. The summed E-state index contributed by atoms with van der Waals surface area (Å²) in [4.78, 5) is 16.1. The highest BCUT2D eigenvalue weighted by atomic mass is 32.2. The Kier molecular flexibility index (Phi) is 6.44. The number of alkyl halides is 3. The van der Waals surface area contributed by atoms with Crippen LogP contribution in [0.4, 0.5) is 18.9 Å². The van der Waals surface area contributed by atoms with E-state index in [2.05, 4.69) is 15.5 Å². The predicted octanol–water partition coefficient (Wildman–Crippen LogP) is 3.94. The molecule has 0 aliphatic heterocycles. The number of rotatable bonds is 7. The molecule has 11 heteroatoms. The van der Waals surface area contributed by atoms with Crippen LogP contribution in [0.15, 0.2) is 57.9 Å². The number of halogens is 3. The Labute approximate surface area is 176 Å². The van der Waals surface area contributed by atoms with Crippen molar-refractivity contribution in [3.05, 3.63) is 71.4 Å². The maximum absolute atomic E-state index is 12.7. The number of hydrogen-bond acceptors (Lipinski definition) is 6. The zero-order chi connectivity index (χ0) is 22.6. The van der Waals surface area contributed by atoms with Crippen molar-refractivity contribution in [2.75, 3.05) is 5.32 Å². The van der Waals surface area contributed by atoms with E-state index < -0.39 is 33.2 Å². The highest BCUT2D eigenvalue weighted by Crippen LogP contribution is 2.30. The van der Waals surface area contributed by atoms with Gasteiger partial charge in [-0.05, 0) is 37.3 Å². The summed E-state index contributed by atoms with van der Waals surface area (Å²) in [6.07, 6.45) is -4.65. The summed E-state index contributed by atoms with van der Waals surface area (Å²) in [7, 11) is -3.66. The minimum absolute atomic E-state index is 0.00236. The van der Waals surface area contributed by atoms with Crippen molar-refractivity contribution in [3.8, 4) is 0 Å². The number of aryl methyl sites for hydroxylation is 2. The zero-order valence-corrected chi connectivity index (χ0v) is 17.1. The van der Waals surface area contributed by atoms with Gasteiger partial charge in [0.1, 0.15) is 5.75 Å². The van der Waals surface area contributed by atoms with Crippen molar-refractivity contribution in [1.82, 2.24) is 10.1 Å². The lowest BCUT2D eigenvalue weighted by Crippen LogP contribution is -2.13. The molecule has 0 saturated heterocycles. The Bertz CT molecular complexity index is 1170. The van der Waals surface area contributed by atoms with Gasteiger partial charge < -0.3 is 9.84 Å². The van der Waals surface area contributed by atoms with E-state index in [1.165, 1.54) is 24.3 Å². The molecule has 164 valence electrons. The molecule has 0 radical (unpaired) electrons. The monoisotopic (exact) mass is 453 g/mol. The van der Waals surface area contributed by atoms with Gasteiger partial charge in [-0.15, -0.1) is 0 Å². The van der Waals surface area contributed by atoms with Gasteiger partial charge in [0.25, 0.3) is 0 Å². The van der Waals surface area contributed by atoms with E-state index in [1.54, 1.807) is 12.1 Å². The van der Waals surface area contributed by atoms with E-state index >= 15 is 0 Å². The fourth-order valence-electron chi connectivity index (χ4n) is 2.67. The van der Waals surface area contributed by atoms with Gasteiger partial charge in [0.15, 0.2) is 15.7 Å². The van der Waals surface area contributed by atoms with Crippen LogP contribution in [0.25, 0.3) is 0 Å². The molecule has 3 aromatic rings. The van der Waals surface area contributed by atoms with E-state index in [9.17, 15) is 26.4 Å². The first-order valence-corrected chi connectivity index (χ1v) is 10.8. The minimum Gasteiger partial charge on any atom is -0.339 e. The number of nitrogens with zero attached hydrogens (tertiary/aromatic N) is 2. The molecule has 0 unspecified atom stereocenters. The van der Waals surface area contributed by atoms with Crippen molar-refractivity contribution in [1.29, 1.82) is 0 Å². The SMILES string of the molecule is Cc1ccc(S(=O)(=O)Cc2noc(CCC(=O)Nc3cccc(C(F)(F)F)c3)n2)cc1. The number of sulfone groups is 1. The van der Waals surface area contributed by atoms with Crippen LogP contribution < -0.4 is 5.32 Å². The molecule has 1 N–H and O–H groups in total. The topological polar surface area (TPSA) is 102 Å². The number of hydrogen-bond donors (Lipinski definition) is 1. The molecule has 7 nitrogen and oxygen atoms in total. The van der Waals surface area contributed by atoms with Crippen LogP contribution in [0, 0.1) is 6.92 Å². The van der Waals surface area contributed by atoms with Crippen LogP contribution in [-0.4, -0.2) is 24.5 Å². The standard InChI is InChI=1S/C20H18F3N3O4S/c1-13-5-7-16(8-6-13)31(28,29)12-17-25-19(30-26-17)10-9-18(27)24-15-4-2-3-14(11-15)20(21,22)23/h2-8,11H,9-10,12H2,1H3,(H,24,27). The minimum atomic E-state index is -4.51. The van der Waals surface area contributed by atoms with Gasteiger partial charge in [-0.1, -0.05) is 28.9 Å². The molecule has 0 bridgehead atoms. The van der Waals surface area contributed by atoms with Crippen LogP contribution in [0.3, 0.4) is 0 Å². The normalized spacial score (nSPS) is 12.0. The molecule has 3 rings (SSSR count). The number of carbonyl (C=O) groups is 1. The van der Waals surface area contributed by atoms with E-state index in [1.807, 2.05) is 6.92 Å². The van der Waals surface area contributed by atoms with Crippen LogP contribution in [0.5, 0.6) is 0 Å². The van der Waals surface area contributed by atoms with Gasteiger partial charge in [-0.3, -0.25) is 4.79 Å². The smallest absolute Gasteiger partial charge is 0.339 e. The molecule has 0 spiro atoms. The maximum atomic E-state index is 12.7. The average Bonchev–Trinajstić information content (AvgIpc) is 3.13. The summed E-state index contributed by atoms with van der Waals surface area (Å²) >= 11 is 0. The third-order valence-corrected chi connectivity index (χ3v) is 5.88. The summed E-state index contributed by atoms with van der Waals surface area (Å²) in [6.45, 7) is 1.84. The van der Waals surface area contributed by atoms with E-state index in [-0.39, 0.29) is 35.1 Å². The van der Waals surface area contributed by atoms with E-state index in [0.717, 1.165) is 17.7 Å². The van der Waals surface area contributed by atoms with Crippen molar-refractivity contribution in [2.24, 2.45) is 0 Å². The summed E-state index contributed by atoms with van der Waals surface area (Å²) in [5.41, 5.74) is 0.0565. The molecule has 0 fully saturated rings. The second-order valence-corrected chi connectivity index (χ2v) is 8.79. The van der Waals surface area contributed by atoms with Gasteiger partial charge >= 0.3 is 6.18 Å². The molecule has 1 heterocycles. The van der Waals surface area contributed by atoms with Gasteiger partial charge in [0.05, 0.1) is 10.5 Å². The molecular weight excluding hydrogens is 435 g/mol. The van der Waals surface area contributed by atoms with Crippen LogP contribution in [0.2, 0.25) is 0 Å². The number of amides is 1. The first-order valence-electron chi connectivity index (χ1n) is 9.11. The first kappa shape index (κ1) is 22.5. The molecule has 0 aliphatic rings. The highest BCUT2D eigenvalue weighted by Gasteiger charge is 2.30. The Balaban J connectivity index is 1.56. The maximum Gasteiger partial charge on any atom is 0.416 e. The number of nitrogens with one attached hydrogen (secondary N) is 1. The van der Waals surface area contributed by atoms with E-state index in [0.29, 0.717) is 0 Å². The van der Waals surface area contributed by atoms with Gasteiger partial charge in [-0.2, -0.15) is 18.2 Å². The Morgan fingerprint density at radius 1 is 1.13 bits per heavy atom. The summed E-state index contributed by atoms with van der Waals surface area (Å²) in [5, 5.41) is 5.99. The average molecular weight is 453 g/mol. The molecule has 0 aliphatic carbocycles. The van der Waals surface area contributed by atoms with Gasteiger partial charge in [0, 0.05) is 18.5 Å². The Hall–Kier alpha value is -3.21. The lowest BCUT2D eigenvalue weighted by Gasteiger charge is -2.09. The quantitative estimate of drug-likeness (QED) is 0.581. The molecule has 31 heavy (non-hydrogen) atoms. The number of benzene rings is 2. The largest absolute Gasteiger partial charge is 0.416 e. The number of aromatic nitrogens is 2. The molecule has 0 saturated carbocycles. The molecular formula is C20H18F3N3O4S. The summed E-state index contributed by atoms with van der Waals surface area (Å²) in [6, 6.07) is 10.6. The van der Waals surface area contributed by atoms with Crippen LogP contribution in [0.1, 0.15) is 29.3 Å². The first-order chi connectivity index (χ1) is 14.5. The lowest BCUT2D eigenvalue weighted by atomic mass is 10.2. The number of anilines is 1. The molecule has 2 aromatic carbocycles. The Morgan fingerprint density at radius 3 is 2.52 bits per heavy atom. The predicted molar refractivity (Wildman–Crippen MR) is 105 cm³/mol. The van der Waals surface area contributed by atoms with Crippen molar-refractivity contribution >= 4 is 21.4 Å². The number of carbonyl (C=O) groups excluding carboxylic acids is 1. The Morgan fingerprint density at radius 2 is 1.84 bits per heavy atom. The van der Waals surface area contributed by atoms with Crippen molar-refractivity contribution < 1.29 is 30.9 Å². The second-order valence-electron chi connectivity index (χ2n) is 6.80. The summed E-state index contributed by atoms with van der Waals surface area (Å²) < 4.78 is 68.0. The third-order valence-electron chi connectivity index (χ3n) is 4.25. The van der Waals surface area contributed by atoms with Crippen LogP contribution in [-0.2, 0) is 33.0 Å². The van der Waals surface area contributed by atoms with Crippen molar-refractivity contribution in [3.63, 3.8) is 0 Å². The highest BCUT2D eigenvalue weighted by molar-refractivity contribution is 7.90. The van der Waals surface area contributed by atoms with Gasteiger partial charge in [0.2, 0.25) is 11.8 Å². The van der Waals surface area contributed by atoms with Gasteiger partial charge in [-0.25, -0.2) is 8.42 Å². The molecule has 1 amide bonds. The van der Waals surface area contributed by atoms with Crippen LogP contribution >= 0.6 is 0 Å². The zero-order valence-electron chi connectivity index (χ0n) is 16.3.